The van der Waals surface area contributed by atoms with E-state index in [1.807, 2.05) is 35.2 Å². The Morgan fingerprint density at radius 2 is 1.86 bits per heavy atom. The highest BCUT2D eigenvalue weighted by Gasteiger charge is 2.41. The van der Waals surface area contributed by atoms with Crippen LogP contribution in [0.4, 0.5) is 5.82 Å². The van der Waals surface area contributed by atoms with Crippen molar-refractivity contribution in [2.75, 3.05) is 31.6 Å². The molecule has 0 aliphatic carbocycles. The molecule has 1 amide bonds. The molecule has 2 aromatic rings. The van der Waals surface area contributed by atoms with E-state index >= 15 is 0 Å². The molecule has 1 aromatic heterocycles. The van der Waals surface area contributed by atoms with Gasteiger partial charge in [-0.1, -0.05) is 37.3 Å². The average Bonchev–Trinajstić information content (AvgIpc) is 3.22. The molecule has 3 heterocycles. The number of amides is 1. The van der Waals surface area contributed by atoms with Crippen LogP contribution in [-0.2, 0) is 9.47 Å². The topological polar surface area (TPSA) is 76.6 Å². The molecule has 0 bridgehead atoms. The lowest BCUT2D eigenvalue weighted by Gasteiger charge is -2.37. The number of hydrogen-bond acceptors (Lipinski definition) is 6. The molecule has 1 atom stereocenters. The van der Waals surface area contributed by atoms with Gasteiger partial charge in [-0.25, -0.2) is 9.97 Å². The van der Waals surface area contributed by atoms with E-state index in [-0.39, 0.29) is 11.9 Å². The van der Waals surface area contributed by atoms with Gasteiger partial charge in [0.2, 0.25) is 0 Å². The summed E-state index contributed by atoms with van der Waals surface area (Å²) in [6.45, 7) is 6.66. The minimum atomic E-state index is -0.499. The molecule has 0 radical (unpaired) electrons. The molecular formula is C22H28N4O3. The Bertz CT molecular complexity index is 842. The van der Waals surface area contributed by atoms with E-state index in [9.17, 15) is 4.79 Å². The molecule has 2 aliphatic heterocycles. The SMILES string of the molecule is CCC(C)Nc1cc(C(=O)N2CCC3(CC2)OCCO3)nc(-c2ccccc2)n1. The van der Waals surface area contributed by atoms with Gasteiger partial charge in [-0.05, 0) is 13.3 Å². The van der Waals surface area contributed by atoms with Gasteiger partial charge < -0.3 is 19.7 Å². The van der Waals surface area contributed by atoms with Gasteiger partial charge in [0.1, 0.15) is 11.5 Å². The number of anilines is 1. The Labute approximate surface area is 171 Å². The molecule has 1 unspecified atom stereocenters. The third-order valence-corrected chi connectivity index (χ3v) is 5.61. The summed E-state index contributed by atoms with van der Waals surface area (Å²) in [5.74, 6) is 0.649. The largest absolute Gasteiger partial charge is 0.367 e. The highest BCUT2D eigenvalue weighted by Crippen LogP contribution is 2.32. The van der Waals surface area contributed by atoms with Crippen LogP contribution in [0.25, 0.3) is 11.4 Å². The van der Waals surface area contributed by atoms with Crippen LogP contribution in [0.2, 0.25) is 0 Å². The van der Waals surface area contributed by atoms with Gasteiger partial charge in [0.15, 0.2) is 11.6 Å². The van der Waals surface area contributed by atoms with Crippen LogP contribution in [0.15, 0.2) is 36.4 Å². The first-order chi connectivity index (χ1) is 14.1. The third kappa shape index (κ3) is 4.41. The zero-order valence-corrected chi connectivity index (χ0v) is 17.1. The van der Waals surface area contributed by atoms with Gasteiger partial charge in [-0.3, -0.25) is 4.79 Å². The predicted octanol–water partition coefficient (Wildman–Crippen LogP) is 3.33. The maximum absolute atomic E-state index is 13.2. The van der Waals surface area contributed by atoms with Crippen LogP contribution in [0, 0.1) is 0 Å². The Kier molecular flexibility index (Phi) is 5.78. The second-order valence-electron chi connectivity index (χ2n) is 7.68. The fraction of sp³-hybridized carbons (Fsp3) is 0.500. The molecule has 29 heavy (non-hydrogen) atoms. The Morgan fingerprint density at radius 3 is 2.52 bits per heavy atom. The van der Waals surface area contributed by atoms with E-state index in [1.165, 1.54) is 0 Å². The molecule has 0 saturated carbocycles. The maximum Gasteiger partial charge on any atom is 0.272 e. The first-order valence-corrected chi connectivity index (χ1v) is 10.4. The molecule has 1 spiro atoms. The molecular weight excluding hydrogens is 368 g/mol. The summed E-state index contributed by atoms with van der Waals surface area (Å²) in [5, 5.41) is 3.38. The number of carbonyl (C=O) groups excluding carboxylic acids is 1. The van der Waals surface area contributed by atoms with Gasteiger partial charge in [0.25, 0.3) is 5.91 Å². The first-order valence-electron chi connectivity index (χ1n) is 10.4. The van der Waals surface area contributed by atoms with Crippen LogP contribution in [-0.4, -0.2) is 58.9 Å². The summed E-state index contributed by atoms with van der Waals surface area (Å²) in [6, 6.07) is 11.8. The lowest BCUT2D eigenvalue weighted by molar-refractivity contribution is -0.181. The van der Waals surface area contributed by atoms with E-state index in [0.29, 0.717) is 56.5 Å². The number of nitrogens with zero attached hydrogens (tertiary/aromatic N) is 3. The van der Waals surface area contributed by atoms with Crippen molar-refractivity contribution in [3.63, 3.8) is 0 Å². The van der Waals surface area contributed by atoms with E-state index in [1.54, 1.807) is 6.07 Å². The van der Waals surface area contributed by atoms with Gasteiger partial charge in [-0.15, -0.1) is 0 Å². The first kappa shape index (κ1) is 19.8. The van der Waals surface area contributed by atoms with Crippen molar-refractivity contribution in [1.29, 1.82) is 0 Å². The zero-order chi connectivity index (χ0) is 20.3. The zero-order valence-electron chi connectivity index (χ0n) is 17.1. The smallest absolute Gasteiger partial charge is 0.272 e. The fourth-order valence-corrected chi connectivity index (χ4v) is 3.70. The Morgan fingerprint density at radius 1 is 1.17 bits per heavy atom. The fourth-order valence-electron chi connectivity index (χ4n) is 3.70. The van der Waals surface area contributed by atoms with Gasteiger partial charge in [0, 0.05) is 43.6 Å². The molecule has 2 aliphatic rings. The Balaban J connectivity index is 1.58. The number of nitrogens with one attached hydrogen (secondary N) is 1. The minimum Gasteiger partial charge on any atom is -0.367 e. The molecule has 7 nitrogen and oxygen atoms in total. The van der Waals surface area contributed by atoms with Gasteiger partial charge in [-0.2, -0.15) is 0 Å². The van der Waals surface area contributed by atoms with Crippen molar-refractivity contribution in [2.45, 2.75) is 44.9 Å². The van der Waals surface area contributed by atoms with E-state index < -0.39 is 5.79 Å². The van der Waals surface area contributed by atoms with Crippen molar-refractivity contribution in [3.05, 3.63) is 42.1 Å². The number of aromatic nitrogens is 2. The number of piperidine rings is 1. The summed E-state index contributed by atoms with van der Waals surface area (Å²) in [4.78, 5) is 24.3. The van der Waals surface area contributed by atoms with Crippen molar-refractivity contribution in [1.82, 2.24) is 14.9 Å². The van der Waals surface area contributed by atoms with Crippen molar-refractivity contribution >= 4 is 11.7 Å². The number of likely N-dealkylation sites (tertiary alicyclic amines) is 1. The standard InChI is InChI=1S/C22H28N4O3/c1-3-16(2)23-19-15-18(24-20(25-19)17-7-5-4-6-8-17)21(27)26-11-9-22(10-12-26)28-13-14-29-22/h4-8,15-16H,3,9-14H2,1-2H3,(H,23,24,25). The molecule has 1 N–H and O–H groups in total. The second-order valence-corrected chi connectivity index (χ2v) is 7.68. The molecule has 1 aromatic carbocycles. The third-order valence-electron chi connectivity index (χ3n) is 5.61. The highest BCUT2D eigenvalue weighted by atomic mass is 16.7. The Hall–Kier alpha value is -2.51. The molecule has 2 fully saturated rings. The maximum atomic E-state index is 13.2. The minimum absolute atomic E-state index is 0.0790. The lowest BCUT2D eigenvalue weighted by Crippen LogP contribution is -2.47. The van der Waals surface area contributed by atoms with Crippen molar-refractivity contribution in [2.24, 2.45) is 0 Å². The van der Waals surface area contributed by atoms with Crippen LogP contribution in [0.1, 0.15) is 43.6 Å². The van der Waals surface area contributed by atoms with E-state index in [2.05, 4.69) is 29.1 Å². The summed E-state index contributed by atoms with van der Waals surface area (Å²) in [7, 11) is 0. The van der Waals surface area contributed by atoms with E-state index in [0.717, 1.165) is 12.0 Å². The van der Waals surface area contributed by atoms with Crippen LogP contribution in [0.5, 0.6) is 0 Å². The number of carbonyl (C=O) groups is 1. The summed E-state index contributed by atoms with van der Waals surface area (Å²) < 4.78 is 11.5. The highest BCUT2D eigenvalue weighted by molar-refractivity contribution is 5.93. The molecule has 4 rings (SSSR count). The lowest BCUT2D eigenvalue weighted by atomic mass is 10.0. The number of hydrogen-bond donors (Lipinski definition) is 1. The average molecular weight is 396 g/mol. The van der Waals surface area contributed by atoms with E-state index in [4.69, 9.17) is 9.47 Å². The molecule has 7 heteroatoms. The normalized spacial score (nSPS) is 19.3. The molecule has 154 valence electrons. The van der Waals surface area contributed by atoms with Crippen molar-refractivity contribution in [3.8, 4) is 11.4 Å². The number of ether oxygens (including phenoxy) is 2. The predicted molar refractivity (Wildman–Crippen MR) is 111 cm³/mol. The summed E-state index contributed by atoms with van der Waals surface area (Å²) in [6.07, 6.45) is 2.34. The monoisotopic (exact) mass is 396 g/mol. The van der Waals surface area contributed by atoms with Crippen LogP contribution >= 0.6 is 0 Å². The van der Waals surface area contributed by atoms with Crippen LogP contribution in [0.3, 0.4) is 0 Å². The van der Waals surface area contributed by atoms with Crippen LogP contribution < -0.4 is 5.32 Å². The summed E-state index contributed by atoms with van der Waals surface area (Å²) >= 11 is 0. The van der Waals surface area contributed by atoms with Gasteiger partial charge >= 0.3 is 0 Å². The quantitative estimate of drug-likeness (QED) is 0.835. The number of benzene rings is 1. The van der Waals surface area contributed by atoms with Gasteiger partial charge in [0.05, 0.1) is 13.2 Å². The second kappa shape index (κ2) is 8.47. The summed E-state index contributed by atoms with van der Waals surface area (Å²) in [5.41, 5.74) is 1.30. The van der Waals surface area contributed by atoms with Crippen molar-refractivity contribution < 1.29 is 14.3 Å². The number of rotatable bonds is 5. The molecule has 2 saturated heterocycles.